The summed E-state index contributed by atoms with van der Waals surface area (Å²) in [5.74, 6) is 2.94. The number of nitrogens with one attached hydrogen (secondary N) is 2. The molecule has 0 bridgehead atoms. The maximum absolute atomic E-state index is 6.18. The van der Waals surface area contributed by atoms with Crippen LogP contribution in [0.3, 0.4) is 0 Å². The van der Waals surface area contributed by atoms with Crippen molar-refractivity contribution in [3.8, 4) is 11.5 Å². The Balaban J connectivity index is 1.40. The number of nitrogens with zero attached hydrogens (tertiary/aromatic N) is 3. The third-order valence-electron chi connectivity index (χ3n) is 6.85. The van der Waals surface area contributed by atoms with E-state index in [0.29, 0.717) is 37.4 Å². The molecule has 0 aliphatic carbocycles. The highest BCUT2D eigenvalue weighted by Crippen LogP contribution is 2.36. The van der Waals surface area contributed by atoms with E-state index in [0.717, 1.165) is 68.0 Å². The van der Waals surface area contributed by atoms with Crippen molar-refractivity contribution in [1.82, 2.24) is 20.2 Å². The van der Waals surface area contributed by atoms with E-state index in [2.05, 4.69) is 15.5 Å². The Labute approximate surface area is 201 Å². The van der Waals surface area contributed by atoms with E-state index < -0.39 is 0 Å². The van der Waals surface area contributed by atoms with Gasteiger partial charge in [0.25, 0.3) is 0 Å². The molecular formula is C25H37N5O4. The lowest BCUT2D eigenvalue weighted by Crippen LogP contribution is -2.34. The Morgan fingerprint density at radius 2 is 1.97 bits per heavy atom. The minimum Gasteiger partial charge on any atom is -0.493 e. The van der Waals surface area contributed by atoms with Gasteiger partial charge in [0.1, 0.15) is 11.9 Å². The Morgan fingerprint density at radius 1 is 1.12 bits per heavy atom. The number of fused-ring (bicyclic) bond motifs is 1. The van der Waals surface area contributed by atoms with Gasteiger partial charge >= 0.3 is 0 Å². The summed E-state index contributed by atoms with van der Waals surface area (Å²) in [6.45, 7) is 7.89. The average molecular weight is 472 g/mol. The Bertz CT molecular complexity index is 941. The van der Waals surface area contributed by atoms with Gasteiger partial charge in [-0.3, -0.25) is 0 Å². The monoisotopic (exact) mass is 471 g/mol. The smallest absolute Gasteiger partial charge is 0.163 e. The maximum Gasteiger partial charge on any atom is 0.163 e. The largest absolute Gasteiger partial charge is 0.493 e. The van der Waals surface area contributed by atoms with E-state index in [1.165, 1.54) is 25.9 Å². The summed E-state index contributed by atoms with van der Waals surface area (Å²) in [4.78, 5) is 12.3. The average Bonchev–Trinajstić information content (AvgIpc) is 3.41. The van der Waals surface area contributed by atoms with Crippen LogP contribution >= 0.6 is 0 Å². The predicted molar refractivity (Wildman–Crippen MR) is 131 cm³/mol. The number of hydrogen-bond acceptors (Lipinski definition) is 9. The van der Waals surface area contributed by atoms with Gasteiger partial charge in [-0.05, 0) is 51.3 Å². The van der Waals surface area contributed by atoms with E-state index in [-0.39, 0.29) is 6.10 Å². The summed E-state index contributed by atoms with van der Waals surface area (Å²) < 4.78 is 23.4. The summed E-state index contributed by atoms with van der Waals surface area (Å²) in [6, 6.07) is 4.30. The fourth-order valence-corrected chi connectivity index (χ4v) is 4.92. The molecule has 34 heavy (non-hydrogen) atoms. The first-order valence-electron chi connectivity index (χ1n) is 12.7. The fraction of sp³-hybridized carbons (Fsp3) is 0.680. The zero-order valence-electron chi connectivity index (χ0n) is 20.2. The Morgan fingerprint density at radius 3 is 2.74 bits per heavy atom. The lowest BCUT2D eigenvalue weighted by molar-refractivity contribution is 0.0224. The normalized spacial score (nSPS) is 22.2. The second-order valence-corrected chi connectivity index (χ2v) is 9.30. The van der Waals surface area contributed by atoms with Gasteiger partial charge in [-0.1, -0.05) is 0 Å². The molecule has 2 N–H and O–H groups in total. The quantitative estimate of drug-likeness (QED) is 0.536. The molecule has 2 aromatic rings. The molecule has 3 fully saturated rings. The van der Waals surface area contributed by atoms with Crippen LogP contribution in [0.2, 0.25) is 0 Å². The predicted octanol–water partition coefficient (Wildman–Crippen LogP) is 2.75. The van der Waals surface area contributed by atoms with E-state index >= 15 is 0 Å². The highest BCUT2D eigenvalue weighted by atomic mass is 16.5. The molecule has 0 amide bonds. The third-order valence-corrected chi connectivity index (χ3v) is 6.85. The molecule has 186 valence electrons. The molecule has 1 aromatic carbocycles. The molecule has 1 unspecified atom stereocenters. The van der Waals surface area contributed by atoms with Crippen molar-refractivity contribution in [2.75, 3.05) is 71.6 Å². The van der Waals surface area contributed by atoms with Crippen molar-refractivity contribution in [3.05, 3.63) is 18.0 Å². The van der Waals surface area contributed by atoms with Crippen LogP contribution in [0.1, 0.15) is 44.0 Å². The van der Waals surface area contributed by atoms with Gasteiger partial charge < -0.3 is 34.5 Å². The summed E-state index contributed by atoms with van der Waals surface area (Å²) >= 11 is 0. The van der Waals surface area contributed by atoms with E-state index in [4.69, 9.17) is 28.9 Å². The zero-order valence-corrected chi connectivity index (χ0v) is 20.2. The molecule has 5 rings (SSSR count). The molecule has 3 aliphatic heterocycles. The summed E-state index contributed by atoms with van der Waals surface area (Å²) in [5, 5.41) is 7.96. The van der Waals surface area contributed by atoms with Crippen molar-refractivity contribution in [1.29, 1.82) is 0 Å². The van der Waals surface area contributed by atoms with Crippen LogP contribution in [0.25, 0.3) is 10.9 Å². The minimum absolute atomic E-state index is 0.166. The van der Waals surface area contributed by atoms with Crippen LogP contribution in [0.5, 0.6) is 11.5 Å². The number of ether oxygens (including phenoxy) is 4. The molecule has 1 atom stereocenters. The topological polar surface area (TPSA) is 90.0 Å². The van der Waals surface area contributed by atoms with Gasteiger partial charge in [-0.25, -0.2) is 9.97 Å². The van der Waals surface area contributed by atoms with Gasteiger partial charge in [0.2, 0.25) is 0 Å². The summed E-state index contributed by atoms with van der Waals surface area (Å²) in [6.07, 6.45) is 5.36. The molecule has 0 spiro atoms. The van der Waals surface area contributed by atoms with Crippen LogP contribution < -0.4 is 20.1 Å². The Kier molecular flexibility index (Phi) is 7.95. The standard InChI is InChI=1S/C25H37N5O4/c1-31-21-15-19-20(16-22(21)33-11-4-10-30-8-2-3-9-30)28-25(23-17-26-7-14-34-23)29-24(19)27-18-5-12-32-13-6-18/h15-16,18,23,26H,2-14,17H2,1H3,(H,27,28,29). The second kappa shape index (κ2) is 11.5. The molecule has 0 saturated carbocycles. The molecule has 3 saturated heterocycles. The van der Waals surface area contributed by atoms with Gasteiger partial charge in [-0.15, -0.1) is 0 Å². The van der Waals surface area contributed by atoms with Gasteiger partial charge in [0.05, 0.1) is 25.8 Å². The fourth-order valence-electron chi connectivity index (χ4n) is 4.92. The summed E-state index contributed by atoms with van der Waals surface area (Å²) in [5.41, 5.74) is 0.837. The first-order chi connectivity index (χ1) is 16.8. The first kappa shape index (κ1) is 23.5. The highest BCUT2D eigenvalue weighted by Gasteiger charge is 2.23. The molecular weight excluding hydrogens is 434 g/mol. The summed E-state index contributed by atoms with van der Waals surface area (Å²) in [7, 11) is 1.68. The molecule has 9 heteroatoms. The van der Waals surface area contributed by atoms with E-state index in [9.17, 15) is 0 Å². The van der Waals surface area contributed by atoms with Gasteiger partial charge in [-0.2, -0.15) is 0 Å². The number of rotatable bonds is 9. The van der Waals surface area contributed by atoms with Crippen LogP contribution in [0.15, 0.2) is 12.1 Å². The number of aromatic nitrogens is 2. The molecule has 0 radical (unpaired) electrons. The van der Waals surface area contributed by atoms with Crippen molar-refractivity contribution in [2.45, 2.75) is 44.2 Å². The van der Waals surface area contributed by atoms with Crippen LogP contribution in [0, 0.1) is 0 Å². The molecule has 3 aliphatic rings. The Hall–Kier alpha value is -2.20. The van der Waals surface area contributed by atoms with Crippen molar-refractivity contribution >= 4 is 16.7 Å². The SMILES string of the molecule is COc1cc2c(NC3CCOCC3)nc(C3CNCCO3)nc2cc1OCCCN1CCCC1. The first-order valence-corrected chi connectivity index (χ1v) is 12.7. The van der Waals surface area contributed by atoms with Gasteiger partial charge in [0.15, 0.2) is 17.3 Å². The lowest BCUT2D eigenvalue weighted by atomic mass is 10.1. The number of hydrogen-bond donors (Lipinski definition) is 2. The van der Waals surface area contributed by atoms with E-state index in [1.54, 1.807) is 7.11 Å². The van der Waals surface area contributed by atoms with Crippen LogP contribution in [-0.4, -0.2) is 87.2 Å². The van der Waals surface area contributed by atoms with Crippen molar-refractivity contribution in [3.63, 3.8) is 0 Å². The second-order valence-electron chi connectivity index (χ2n) is 9.30. The van der Waals surface area contributed by atoms with Gasteiger partial charge in [0, 0.05) is 50.3 Å². The molecule has 9 nitrogen and oxygen atoms in total. The third kappa shape index (κ3) is 5.71. The number of benzene rings is 1. The number of likely N-dealkylation sites (tertiary alicyclic amines) is 1. The number of anilines is 1. The van der Waals surface area contributed by atoms with E-state index in [1.807, 2.05) is 12.1 Å². The zero-order chi connectivity index (χ0) is 23.2. The molecule has 4 heterocycles. The maximum atomic E-state index is 6.18. The van der Waals surface area contributed by atoms with Crippen LogP contribution in [-0.2, 0) is 9.47 Å². The van der Waals surface area contributed by atoms with Crippen LogP contribution in [0.4, 0.5) is 5.82 Å². The van der Waals surface area contributed by atoms with Crippen molar-refractivity contribution in [2.24, 2.45) is 0 Å². The highest BCUT2D eigenvalue weighted by molar-refractivity contribution is 5.92. The minimum atomic E-state index is -0.166. The number of morpholine rings is 1. The number of methoxy groups -OCH3 is 1. The lowest BCUT2D eigenvalue weighted by Gasteiger charge is -2.26. The molecule has 1 aromatic heterocycles. The van der Waals surface area contributed by atoms with Crippen molar-refractivity contribution < 1.29 is 18.9 Å².